The van der Waals surface area contributed by atoms with Gasteiger partial charge in [0.2, 0.25) is 0 Å². The van der Waals surface area contributed by atoms with Crippen molar-refractivity contribution in [2.45, 2.75) is 37.0 Å². The smallest absolute Gasteiger partial charge is 0.261 e. The first kappa shape index (κ1) is 18.0. The van der Waals surface area contributed by atoms with E-state index in [-0.39, 0.29) is 10.3 Å². The number of aryl methyl sites for hydroxylation is 1. The first-order chi connectivity index (χ1) is 11.8. The van der Waals surface area contributed by atoms with Crippen LogP contribution in [0.25, 0.3) is 0 Å². The van der Waals surface area contributed by atoms with Crippen molar-refractivity contribution in [3.63, 3.8) is 0 Å². The Balaban J connectivity index is 1.75. The van der Waals surface area contributed by atoms with Gasteiger partial charge in [0.15, 0.2) is 0 Å². The van der Waals surface area contributed by atoms with E-state index >= 15 is 0 Å². The zero-order valence-corrected chi connectivity index (χ0v) is 15.9. The van der Waals surface area contributed by atoms with E-state index in [9.17, 15) is 8.42 Å². The summed E-state index contributed by atoms with van der Waals surface area (Å²) in [7, 11) is -1.39. The highest BCUT2D eigenvalue weighted by atomic mass is 32.2. The van der Waals surface area contributed by atoms with Gasteiger partial charge in [0.1, 0.15) is 0 Å². The molecule has 1 aliphatic rings. The molecule has 1 aliphatic heterocycles. The Kier molecular flexibility index (Phi) is 4.89. The quantitative estimate of drug-likeness (QED) is 0.905. The van der Waals surface area contributed by atoms with Gasteiger partial charge >= 0.3 is 0 Å². The van der Waals surface area contributed by atoms with Crippen LogP contribution in [0.15, 0.2) is 53.4 Å². The number of sulfonamides is 1. The second-order valence-corrected chi connectivity index (χ2v) is 9.04. The molecule has 0 bridgehead atoms. The largest absolute Gasteiger partial charge is 0.306 e. The van der Waals surface area contributed by atoms with Crippen molar-refractivity contribution >= 4 is 15.7 Å². The van der Waals surface area contributed by atoms with E-state index in [1.807, 2.05) is 19.1 Å². The molecule has 2 aromatic carbocycles. The number of nitrogens with zero attached hydrogens (tertiary/aromatic N) is 1. The van der Waals surface area contributed by atoms with Crippen LogP contribution in [-0.2, 0) is 15.4 Å². The van der Waals surface area contributed by atoms with Crippen molar-refractivity contribution in [2.75, 3.05) is 24.9 Å². The van der Waals surface area contributed by atoms with Gasteiger partial charge in [-0.1, -0.05) is 36.8 Å². The fourth-order valence-corrected chi connectivity index (χ4v) is 4.33. The number of nitrogens with one attached hydrogen (secondary N) is 1. The predicted molar refractivity (Wildman–Crippen MR) is 103 cm³/mol. The van der Waals surface area contributed by atoms with Gasteiger partial charge in [0, 0.05) is 5.69 Å². The van der Waals surface area contributed by atoms with Gasteiger partial charge in [-0.2, -0.15) is 0 Å². The predicted octanol–water partition coefficient (Wildman–Crippen LogP) is 3.78. The first-order valence-corrected chi connectivity index (χ1v) is 10.2. The lowest BCUT2D eigenvalue weighted by Crippen LogP contribution is -2.38. The van der Waals surface area contributed by atoms with Crippen molar-refractivity contribution in [3.8, 4) is 0 Å². The Bertz CT molecular complexity index is 819. The molecule has 3 rings (SSSR count). The van der Waals surface area contributed by atoms with Gasteiger partial charge in [0.05, 0.1) is 4.90 Å². The number of anilines is 1. The highest BCUT2D eigenvalue weighted by molar-refractivity contribution is 7.92. The van der Waals surface area contributed by atoms with Gasteiger partial charge < -0.3 is 4.90 Å². The van der Waals surface area contributed by atoms with Gasteiger partial charge in [-0.15, -0.1) is 0 Å². The lowest BCUT2D eigenvalue weighted by molar-refractivity contribution is 0.200. The maximum atomic E-state index is 12.5. The fraction of sp³-hybridized carbons (Fsp3) is 0.400. The van der Waals surface area contributed by atoms with E-state index in [1.54, 1.807) is 24.3 Å². The van der Waals surface area contributed by atoms with Gasteiger partial charge in [-0.25, -0.2) is 8.42 Å². The summed E-state index contributed by atoms with van der Waals surface area (Å²) in [6, 6.07) is 14.7. The molecule has 5 heteroatoms. The molecule has 134 valence electrons. The summed E-state index contributed by atoms with van der Waals surface area (Å²) in [5.41, 5.74) is 3.08. The molecule has 0 amide bonds. The Labute approximate surface area is 150 Å². The highest BCUT2D eigenvalue weighted by Gasteiger charge is 2.30. The number of benzene rings is 2. The molecular weight excluding hydrogens is 332 g/mol. The van der Waals surface area contributed by atoms with Crippen LogP contribution in [0.4, 0.5) is 5.69 Å². The Hall–Kier alpha value is -1.85. The summed E-state index contributed by atoms with van der Waals surface area (Å²) in [5, 5.41) is 0. The number of hydrogen-bond donors (Lipinski definition) is 1. The van der Waals surface area contributed by atoms with Crippen molar-refractivity contribution in [2.24, 2.45) is 0 Å². The maximum Gasteiger partial charge on any atom is 0.261 e. The van der Waals surface area contributed by atoms with Gasteiger partial charge in [0.25, 0.3) is 10.0 Å². The molecule has 0 spiro atoms. The SMILES string of the molecule is Cc1ccc(S(=O)(=O)Nc2ccc(C3(C)CCN(C)CC3)cc2)cc1. The van der Waals surface area contributed by atoms with Crippen LogP contribution in [0, 0.1) is 6.92 Å². The summed E-state index contributed by atoms with van der Waals surface area (Å²) in [6.07, 6.45) is 2.25. The average Bonchev–Trinajstić information content (AvgIpc) is 2.58. The molecule has 0 unspecified atom stereocenters. The van der Waals surface area contributed by atoms with E-state index in [1.165, 1.54) is 5.56 Å². The molecule has 4 nitrogen and oxygen atoms in total. The third-order valence-electron chi connectivity index (χ3n) is 5.26. The van der Waals surface area contributed by atoms with Crippen molar-refractivity contribution in [3.05, 3.63) is 59.7 Å². The van der Waals surface area contributed by atoms with Crippen molar-refractivity contribution in [1.82, 2.24) is 4.90 Å². The highest BCUT2D eigenvalue weighted by Crippen LogP contribution is 2.35. The molecule has 1 fully saturated rings. The third-order valence-corrected chi connectivity index (χ3v) is 6.65. The van der Waals surface area contributed by atoms with Crippen LogP contribution in [-0.4, -0.2) is 33.5 Å². The second-order valence-electron chi connectivity index (χ2n) is 7.36. The summed E-state index contributed by atoms with van der Waals surface area (Å²) >= 11 is 0. The maximum absolute atomic E-state index is 12.5. The lowest BCUT2D eigenvalue weighted by Gasteiger charge is -2.38. The van der Waals surface area contributed by atoms with E-state index in [0.29, 0.717) is 5.69 Å². The van der Waals surface area contributed by atoms with E-state index in [4.69, 9.17) is 0 Å². The number of rotatable bonds is 4. The zero-order chi connectivity index (χ0) is 18.1. The molecule has 0 aliphatic carbocycles. The normalized spacial score (nSPS) is 18.0. The van der Waals surface area contributed by atoms with E-state index in [0.717, 1.165) is 31.5 Å². The van der Waals surface area contributed by atoms with Crippen LogP contribution in [0.1, 0.15) is 30.9 Å². The monoisotopic (exact) mass is 358 g/mol. The molecule has 2 aromatic rings. The minimum atomic E-state index is -3.55. The average molecular weight is 359 g/mol. The summed E-state index contributed by atoms with van der Waals surface area (Å²) in [5.74, 6) is 0. The molecule has 0 saturated carbocycles. The molecule has 0 radical (unpaired) electrons. The van der Waals surface area contributed by atoms with Gasteiger partial charge in [-0.3, -0.25) is 4.72 Å². The summed E-state index contributed by atoms with van der Waals surface area (Å²) < 4.78 is 27.6. The minimum absolute atomic E-state index is 0.168. The molecule has 0 atom stereocenters. The fourth-order valence-electron chi connectivity index (χ4n) is 3.27. The standard InChI is InChI=1S/C20H26N2O2S/c1-16-4-10-19(11-5-16)25(23,24)21-18-8-6-17(7-9-18)20(2)12-14-22(3)15-13-20/h4-11,21H,12-15H2,1-3H3. The Morgan fingerprint density at radius 3 is 2.08 bits per heavy atom. The van der Waals surface area contributed by atoms with E-state index < -0.39 is 10.0 Å². The molecular formula is C20H26N2O2S. The first-order valence-electron chi connectivity index (χ1n) is 8.67. The molecule has 1 N–H and O–H groups in total. The number of piperidine rings is 1. The van der Waals surface area contributed by atoms with Crippen molar-refractivity contribution in [1.29, 1.82) is 0 Å². The van der Waals surface area contributed by atoms with Crippen LogP contribution in [0.3, 0.4) is 0 Å². The van der Waals surface area contributed by atoms with Crippen LogP contribution in [0.5, 0.6) is 0 Å². The molecule has 1 heterocycles. The summed E-state index contributed by atoms with van der Waals surface area (Å²) in [4.78, 5) is 2.63. The molecule has 1 saturated heterocycles. The topological polar surface area (TPSA) is 49.4 Å². The second kappa shape index (κ2) is 6.81. The van der Waals surface area contributed by atoms with Crippen molar-refractivity contribution < 1.29 is 8.42 Å². The number of hydrogen-bond acceptors (Lipinski definition) is 3. The van der Waals surface area contributed by atoms with Crippen LogP contribution in [0.2, 0.25) is 0 Å². The Morgan fingerprint density at radius 1 is 0.960 bits per heavy atom. The molecule has 25 heavy (non-hydrogen) atoms. The summed E-state index contributed by atoms with van der Waals surface area (Å²) in [6.45, 7) is 6.42. The van der Waals surface area contributed by atoms with Crippen LogP contribution >= 0.6 is 0 Å². The lowest BCUT2D eigenvalue weighted by atomic mass is 9.74. The zero-order valence-electron chi connectivity index (χ0n) is 15.1. The van der Waals surface area contributed by atoms with E-state index in [2.05, 4.69) is 35.7 Å². The minimum Gasteiger partial charge on any atom is -0.306 e. The van der Waals surface area contributed by atoms with Gasteiger partial charge in [-0.05, 0) is 75.1 Å². The number of likely N-dealkylation sites (tertiary alicyclic amines) is 1. The Morgan fingerprint density at radius 2 is 1.52 bits per heavy atom. The molecule has 0 aromatic heterocycles. The van der Waals surface area contributed by atoms with Crippen LogP contribution < -0.4 is 4.72 Å². The third kappa shape index (κ3) is 4.05.